The monoisotopic (exact) mass is 184 g/mol. The third-order valence-electron chi connectivity index (χ3n) is 2.90. The standard InChI is InChI=1S/C11H20O2/c1-3-11(13-9(2)12)10-7-5-4-6-8-10/h10-11H,3-8H2,1-2H3/t11-/m0/s1. The summed E-state index contributed by atoms with van der Waals surface area (Å²) >= 11 is 0. The molecule has 76 valence electrons. The van der Waals surface area contributed by atoms with E-state index in [1.165, 1.54) is 39.0 Å². The molecule has 2 nitrogen and oxygen atoms in total. The second kappa shape index (κ2) is 5.25. The smallest absolute Gasteiger partial charge is 0.302 e. The first-order valence-corrected chi connectivity index (χ1v) is 5.41. The first kappa shape index (κ1) is 10.6. The second-order valence-corrected chi connectivity index (χ2v) is 3.95. The van der Waals surface area contributed by atoms with Crippen LogP contribution in [0.4, 0.5) is 0 Å². The molecule has 0 amide bonds. The van der Waals surface area contributed by atoms with Gasteiger partial charge in [-0.3, -0.25) is 4.79 Å². The number of rotatable bonds is 3. The molecule has 1 saturated carbocycles. The second-order valence-electron chi connectivity index (χ2n) is 3.95. The fourth-order valence-corrected chi connectivity index (χ4v) is 2.23. The summed E-state index contributed by atoms with van der Waals surface area (Å²) in [5.74, 6) is 0.500. The zero-order valence-corrected chi connectivity index (χ0v) is 8.71. The maximum atomic E-state index is 10.8. The Morgan fingerprint density at radius 1 is 1.38 bits per heavy atom. The highest BCUT2D eigenvalue weighted by atomic mass is 16.5. The topological polar surface area (TPSA) is 26.3 Å². The van der Waals surface area contributed by atoms with Gasteiger partial charge in [0.1, 0.15) is 6.10 Å². The average Bonchev–Trinajstić information content (AvgIpc) is 2.15. The molecule has 0 aromatic rings. The molecule has 0 radical (unpaired) electrons. The molecule has 1 atom stereocenters. The molecule has 13 heavy (non-hydrogen) atoms. The molecule has 1 aliphatic rings. The van der Waals surface area contributed by atoms with Crippen LogP contribution in [0.5, 0.6) is 0 Å². The normalized spacial score (nSPS) is 21.1. The minimum absolute atomic E-state index is 0.127. The number of carbonyl (C=O) groups excluding carboxylic acids is 1. The lowest BCUT2D eigenvalue weighted by molar-refractivity contribution is -0.149. The summed E-state index contributed by atoms with van der Waals surface area (Å²) in [6.45, 7) is 3.60. The van der Waals surface area contributed by atoms with Gasteiger partial charge in [0.15, 0.2) is 0 Å². The van der Waals surface area contributed by atoms with E-state index in [-0.39, 0.29) is 12.1 Å². The highest BCUT2D eigenvalue weighted by molar-refractivity contribution is 5.66. The number of carbonyl (C=O) groups is 1. The van der Waals surface area contributed by atoms with Crippen molar-refractivity contribution in [1.82, 2.24) is 0 Å². The van der Waals surface area contributed by atoms with E-state index in [1.54, 1.807) is 0 Å². The van der Waals surface area contributed by atoms with Crippen molar-refractivity contribution in [3.63, 3.8) is 0 Å². The van der Waals surface area contributed by atoms with Crippen molar-refractivity contribution >= 4 is 5.97 Å². The predicted octanol–water partition coefficient (Wildman–Crippen LogP) is 2.91. The molecular weight excluding hydrogens is 164 g/mol. The number of hydrogen-bond donors (Lipinski definition) is 0. The number of ether oxygens (including phenoxy) is 1. The minimum atomic E-state index is -0.127. The molecule has 0 aliphatic heterocycles. The van der Waals surface area contributed by atoms with Crippen LogP contribution in [0, 0.1) is 5.92 Å². The minimum Gasteiger partial charge on any atom is -0.462 e. The Morgan fingerprint density at radius 3 is 2.46 bits per heavy atom. The van der Waals surface area contributed by atoms with Crippen LogP contribution in [-0.2, 0) is 9.53 Å². The summed E-state index contributed by atoms with van der Waals surface area (Å²) in [6.07, 6.45) is 7.59. The molecule has 0 saturated heterocycles. The third kappa shape index (κ3) is 3.37. The quantitative estimate of drug-likeness (QED) is 0.630. The van der Waals surface area contributed by atoms with E-state index in [1.807, 2.05) is 0 Å². The van der Waals surface area contributed by atoms with E-state index >= 15 is 0 Å². The highest BCUT2D eigenvalue weighted by Gasteiger charge is 2.24. The largest absolute Gasteiger partial charge is 0.462 e. The highest BCUT2D eigenvalue weighted by Crippen LogP contribution is 2.29. The molecule has 1 fully saturated rings. The molecule has 0 bridgehead atoms. The SMILES string of the molecule is CC[C@H](OC(C)=O)C1CCCCC1. The zero-order valence-electron chi connectivity index (χ0n) is 8.71. The van der Waals surface area contributed by atoms with E-state index in [4.69, 9.17) is 4.74 Å². The van der Waals surface area contributed by atoms with Crippen molar-refractivity contribution in [3.05, 3.63) is 0 Å². The van der Waals surface area contributed by atoms with Gasteiger partial charge in [-0.1, -0.05) is 26.2 Å². The Balaban J connectivity index is 2.39. The van der Waals surface area contributed by atoms with E-state index < -0.39 is 0 Å². The molecular formula is C11H20O2. The van der Waals surface area contributed by atoms with Gasteiger partial charge in [0.2, 0.25) is 0 Å². The Bertz CT molecular complexity index is 159. The van der Waals surface area contributed by atoms with Crippen molar-refractivity contribution in [3.8, 4) is 0 Å². The van der Waals surface area contributed by atoms with Crippen molar-refractivity contribution in [2.24, 2.45) is 5.92 Å². The Hall–Kier alpha value is -0.530. The molecule has 0 N–H and O–H groups in total. The van der Waals surface area contributed by atoms with Gasteiger partial charge < -0.3 is 4.74 Å². The van der Waals surface area contributed by atoms with E-state index in [2.05, 4.69) is 6.92 Å². The fourth-order valence-electron chi connectivity index (χ4n) is 2.23. The summed E-state index contributed by atoms with van der Waals surface area (Å²) in [4.78, 5) is 10.8. The van der Waals surface area contributed by atoms with Crippen molar-refractivity contribution in [2.75, 3.05) is 0 Å². The predicted molar refractivity (Wildman–Crippen MR) is 52.4 cm³/mol. The zero-order chi connectivity index (χ0) is 9.68. The lowest BCUT2D eigenvalue weighted by atomic mass is 9.84. The summed E-state index contributed by atoms with van der Waals surface area (Å²) < 4.78 is 5.30. The number of hydrogen-bond acceptors (Lipinski definition) is 2. The molecule has 0 unspecified atom stereocenters. The van der Waals surface area contributed by atoms with Gasteiger partial charge in [-0.15, -0.1) is 0 Å². The first-order chi connectivity index (χ1) is 6.24. The Labute approximate surface area is 80.7 Å². The van der Waals surface area contributed by atoms with Gasteiger partial charge in [-0.05, 0) is 25.2 Å². The van der Waals surface area contributed by atoms with Gasteiger partial charge in [-0.25, -0.2) is 0 Å². The molecule has 2 heteroatoms. The number of esters is 1. The van der Waals surface area contributed by atoms with Crippen LogP contribution in [0.25, 0.3) is 0 Å². The summed E-state index contributed by atoms with van der Waals surface area (Å²) in [7, 11) is 0. The molecule has 0 aromatic heterocycles. The van der Waals surface area contributed by atoms with Crippen molar-refractivity contribution < 1.29 is 9.53 Å². The Kier molecular flexibility index (Phi) is 4.26. The third-order valence-corrected chi connectivity index (χ3v) is 2.90. The lowest BCUT2D eigenvalue weighted by Crippen LogP contribution is -2.27. The fraction of sp³-hybridized carbons (Fsp3) is 0.909. The molecule has 0 aromatic carbocycles. The summed E-state index contributed by atoms with van der Waals surface area (Å²) in [5, 5.41) is 0. The van der Waals surface area contributed by atoms with Gasteiger partial charge in [0.05, 0.1) is 0 Å². The molecule has 1 rings (SSSR count). The van der Waals surface area contributed by atoms with Crippen LogP contribution in [0.15, 0.2) is 0 Å². The van der Waals surface area contributed by atoms with Crippen LogP contribution in [0.3, 0.4) is 0 Å². The molecule has 0 spiro atoms. The van der Waals surface area contributed by atoms with Gasteiger partial charge in [0.25, 0.3) is 0 Å². The van der Waals surface area contributed by atoms with E-state index in [9.17, 15) is 4.79 Å². The average molecular weight is 184 g/mol. The van der Waals surface area contributed by atoms with Crippen molar-refractivity contribution in [2.45, 2.75) is 58.5 Å². The molecule has 0 heterocycles. The summed E-state index contributed by atoms with van der Waals surface area (Å²) in [6, 6.07) is 0. The van der Waals surface area contributed by atoms with Crippen LogP contribution in [0.2, 0.25) is 0 Å². The van der Waals surface area contributed by atoms with E-state index in [0.29, 0.717) is 5.92 Å². The van der Waals surface area contributed by atoms with Gasteiger partial charge in [0, 0.05) is 6.92 Å². The van der Waals surface area contributed by atoms with Gasteiger partial charge >= 0.3 is 5.97 Å². The van der Waals surface area contributed by atoms with Crippen LogP contribution in [0.1, 0.15) is 52.4 Å². The lowest BCUT2D eigenvalue weighted by Gasteiger charge is -2.28. The molecule has 1 aliphatic carbocycles. The van der Waals surface area contributed by atoms with Crippen LogP contribution < -0.4 is 0 Å². The van der Waals surface area contributed by atoms with Crippen molar-refractivity contribution in [1.29, 1.82) is 0 Å². The van der Waals surface area contributed by atoms with Crippen LogP contribution >= 0.6 is 0 Å². The Morgan fingerprint density at radius 2 is 2.00 bits per heavy atom. The maximum Gasteiger partial charge on any atom is 0.302 e. The van der Waals surface area contributed by atoms with Crippen LogP contribution in [-0.4, -0.2) is 12.1 Å². The first-order valence-electron chi connectivity index (χ1n) is 5.41. The van der Waals surface area contributed by atoms with E-state index in [0.717, 1.165) is 6.42 Å². The summed E-state index contributed by atoms with van der Waals surface area (Å²) in [5.41, 5.74) is 0. The maximum absolute atomic E-state index is 10.8. The van der Waals surface area contributed by atoms with Gasteiger partial charge in [-0.2, -0.15) is 0 Å².